The van der Waals surface area contributed by atoms with Crippen molar-refractivity contribution >= 4 is 0 Å². The van der Waals surface area contributed by atoms with Gasteiger partial charge in [0.25, 0.3) is 10.8 Å². The third-order valence-electron chi connectivity index (χ3n) is 1.74. The van der Waals surface area contributed by atoms with Crippen LogP contribution in [0.5, 0.6) is 0 Å². The molecule has 0 atom stereocenters. The van der Waals surface area contributed by atoms with E-state index in [0.29, 0.717) is 0 Å². The topological polar surface area (TPSA) is 72.8 Å². The van der Waals surface area contributed by atoms with Crippen molar-refractivity contribution in [2.24, 2.45) is 0 Å². The normalized spacial score (nSPS) is 14.7. The first kappa shape index (κ1) is 13.5. The van der Waals surface area contributed by atoms with Gasteiger partial charge >= 0.3 is 0 Å². The highest BCUT2D eigenvalue weighted by atomic mass is 35.6. The lowest BCUT2D eigenvalue weighted by atomic mass is 10.3. The second kappa shape index (κ2) is 7.87. The van der Waals surface area contributed by atoms with Crippen molar-refractivity contribution in [2.45, 2.75) is 19.8 Å². The molecule has 0 amide bonds. The van der Waals surface area contributed by atoms with Gasteiger partial charge in [0.15, 0.2) is 0 Å². The van der Waals surface area contributed by atoms with Crippen molar-refractivity contribution in [1.29, 1.82) is 0 Å². The lowest BCUT2D eigenvalue weighted by molar-refractivity contribution is -1.63. The minimum atomic E-state index is -2.60. The van der Waals surface area contributed by atoms with Crippen LogP contribution in [0.1, 0.15) is 19.8 Å². The first-order valence-corrected chi connectivity index (χ1v) is 5.39. The zero-order valence-electron chi connectivity index (χ0n) is 8.52. The van der Waals surface area contributed by atoms with Gasteiger partial charge in [-0.1, -0.05) is 13.3 Å². The zero-order valence-corrected chi connectivity index (χ0v) is 9.28. The van der Waals surface area contributed by atoms with Gasteiger partial charge in [0.05, 0.1) is 6.67 Å². The first-order chi connectivity index (χ1) is 6.56. The van der Waals surface area contributed by atoms with E-state index in [1.54, 1.807) is 0 Å². The standard InChI is InChI=1S/C8H16N2.ClHO3/c1-3-4-5-10-7-6-9(2)8-10;2-1(3)4/h6-7H,3-5,8H2,1-2H3;2H. The molecule has 1 N–H and O–H groups in total. The summed E-state index contributed by atoms with van der Waals surface area (Å²) >= 11 is 0. The van der Waals surface area contributed by atoms with E-state index < -0.39 is 10.8 Å². The quantitative estimate of drug-likeness (QED) is 0.634. The van der Waals surface area contributed by atoms with E-state index in [2.05, 4.69) is 36.2 Å². The van der Waals surface area contributed by atoms with Gasteiger partial charge in [-0.15, -0.1) is 0 Å². The van der Waals surface area contributed by atoms with Crippen molar-refractivity contribution in [3.8, 4) is 0 Å². The van der Waals surface area contributed by atoms with Crippen molar-refractivity contribution in [1.82, 2.24) is 9.80 Å². The average Bonchev–Trinajstić information content (AvgIpc) is 2.47. The summed E-state index contributed by atoms with van der Waals surface area (Å²) in [6.07, 6.45) is 6.87. The molecular formula is C8H17ClN2O3. The Balaban J connectivity index is 0.000000364. The zero-order chi connectivity index (χ0) is 11.0. The molecule has 0 fully saturated rings. The Kier molecular flexibility index (Phi) is 7.60. The number of unbranched alkanes of at least 4 members (excludes halogenated alkanes) is 1. The second-order valence-electron chi connectivity index (χ2n) is 3.06. The molecule has 0 bridgehead atoms. The molecule has 0 spiro atoms. The summed E-state index contributed by atoms with van der Waals surface area (Å²) < 4.78 is 24.0. The SMILES string of the molecule is CCCCN1C=CN(C)C1.[O-][Cl+2]([O-])O. The Hall–Kier alpha value is -0.490. The fourth-order valence-corrected chi connectivity index (χ4v) is 1.10. The molecule has 14 heavy (non-hydrogen) atoms. The lowest BCUT2D eigenvalue weighted by Crippen LogP contribution is -2.30. The molecule has 1 aliphatic heterocycles. The number of nitrogens with zero attached hydrogens (tertiary/aromatic N) is 2. The van der Waals surface area contributed by atoms with E-state index in [-0.39, 0.29) is 0 Å². The summed E-state index contributed by atoms with van der Waals surface area (Å²) in [4.78, 5) is 4.53. The number of halogens is 1. The second-order valence-corrected chi connectivity index (χ2v) is 3.47. The van der Waals surface area contributed by atoms with Crippen LogP contribution < -0.4 is 9.32 Å². The number of hydrogen-bond donors (Lipinski definition) is 1. The van der Waals surface area contributed by atoms with Gasteiger partial charge in [-0.3, -0.25) is 0 Å². The Bertz CT molecular complexity index is 164. The van der Waals surface area contributed by atoms with Gasteiger partial charge in [-0.05, 0) is 6.42 Å². The van der Waals surface area contributed by atoms with Crippen molar-refractivity contribution in [3.63, 3.8) is 0 Å². The summed E-state index contributed by atoms with van der Waals surface area (Å²) in [6, 6.07) is 0. The predicted molar refractivity (Wildman–Crippen MR) is 45.6 cm³/mol. The minimum Gasteiger partial charge on any atom is -0.362 e. The third kappa shape index (κ3) is 8.12. The maximum absolute atomic E-state index is 8.52. The molecule has 1 rings (SSSR count). The lowest BCUT2D eigenvalue weighted by Gasteiger charge is -2.17. The highest BCUT2D eigenvalue weighted by molar-refractivity contribution is 4.88. The molecule has 0 saturated heterocycles. The summed E-state index contributed by atoms with van der Waals surface area (Å²) in [5.74, 6) is 0. The molecule has 84 valence electrons. The minimum absolute atomic E-state index is 1.07. The smallest absolute Gasteiger partial charge is 0.282 e. The Morgan fingerprint density at radius 3 is 2.36 bits per heavy atom. The highest BCUT2D eigenvalue weighted by Crippen LogP contribution is 2.04. The fourth-order valence-electron chi connectivity index (χ4n) is 1.10. The largest absolute Gasteiger partial charge is 0.362 e. The fraction of sp³-hybridized carbons (Fsp3) is 0.750. The molecule has 0 saturated carbocycles. The molecule has 0 aliphatic carbocycles. The van der Waals surface area contributed by atoms with E-state index in [1.165, 1.54) is 19.4 Å². The molecule has 1 heterocycles. The molecule has 0 unspecified atom stereocenters. The van der Waals surface area contributed by atoms with E-state index in [9.17, 15) is 0 Å². The maximum Gasteiger partial charge on any atom is 0.282 e. The van der Waals surface area contributed by atoms with Crippen LogP contribution in [0.4, 0.5) is 0 Å². The molecule has 1 aliphatic rings. The third-order valence-corrected chi connectivity index (χ3v) is 1.74. The van der Waals surface area contributed by atoms with Crippen LogP contribution in [0.25, 0.3) is 0 Å². The Morgan fingerprint density at radius 1 is 1.43 bits per heavy atom. The van der Waals surface area contributed by atoms with Crippen LogP contribution in [-0.4, -0.2) is 34.7 Å². The summed E-state index contributed by atoms with van der Waals surface area (Å²) in [5.41, 5.74) is 0. The van der Waals surface area contributed by atoms with Crippen LogP contribution in [0, 0.1) is 10.8 Å². The summed E-state index contributed by atoms with van der Waals surface area (Å²) in [7, 11) is -0.502. The molecule has 6 heteroatoms. The van der Waals surface area contributed by atoms with Crippen molar-refractivity contribution < 1.29 is 24.8 Å². The molecule has 0 aromatic rings. The van der Waals surface area contributed by atoms with E-state index in [1.807, 2.05) is 0 Å². The van der Waals surface area contributed by atoms with Gasteiger partial charge in [0.2, 0.25) is 0 Å². The van der Waals surface area contributed by atoms with Gasteiger partial charge in [-0.2, -0.15) is 0 Å². The van der Waals surface area contributed by atoms with Gasteiger partial charge in [-0.25, -0.2) is 0 Å². The molecule has 0 aromatic carbocycles. The summed E-state index contributed by atoms with van der Waals surface area (Å²) in [5, 5.41) is 0. The Morgan fingerprint density at radius 2 is 2.00 bits per heavy atom. The van der Waals surface area contributed by atoms with Crippen LogP contribution in [-0.2, 0) is 0 Å². The van der Waals surface area contributed by atoms with Crippen molar-refractivity contribution in [3.05, 3.63) is 12.4 Å². The molecular weight excluding hydrogens is 208 g/mol. The Labute approximate surface area is 87.6 Å². The van der Waals surface area contributed by atoms with Crippen LogP contribution in [0.15, 0.2) is 12.4 Å². The van der Waals surface area contributed by atoms with Crippen LogP contribution >= 0.6 is 0 Å². The van der Waals surface area contributed by atoms with Gasteiger partial charge in [0.1, 0.15) is 0 Å². The van der Waals surface area contributed by atoms with E-state index in [4.69, 9.17) is 14.0 Å². The molecule has 5 nitrogen and oxygen atoms in total. The number of hydrogen-bond acceptors (Lipinski definition) is 5. The van der Waals surface area contributed by atoms with E-state index >= 15 is 0 Å². The molecule has 0 radical (unpaired) electrons. The average molecular weight is 225 g/mol. The highest BCUT2D eigenvalue weighted by Gasteiger charge is 2.05. The first-order valence-electron chi connectivity index (χ1n) is 4.43. The van der Waals surface area contributed by atoms with Gasteiger partial charge < -0.3 is 19.1 Å². The van der Waals surface area contributed by atoms with Crippen LogP contribution in [0.3, 0.4) is 0 Å². The van der Waals surface area contributed by atoms with Crippen LogP contribution in [0.2, 0.25) is 0 Å². The van der Waals surface area contributed by atoms with E-state index in [0.717, 1.165) is 6.67 Å². The van der Waals surface area contributed by atoms with Gasteiger partial charge in [0, 0.05) is 30.7 Å². The predicted octanol–water partition coefficient (Wildman–Crippen LogP) is -1.47. The maximum atomic E-state index is 8.52. The molecule has 0 aromatic heterocycles. The number of rotatable bonds is 3. The monoisotopic (exact) mass is 224 g/mol. The van der Waals surface area contributed by atoms with Crippen molar-refractivity contribution in [2.75, 3.05) is 20.3 Å². The summed E-state index contributed by atoms with van der Waals surface area (Å²) in [6.45, 7) is 4.50.